The Morgan fingerprint density at radius 1 is 0.429 bits per heavy atom. The number of carboxylic acids is 4. The highest BCUT2D eigenvalue weighted by Crippen LogP contribution is 2.55. The number of carboxylic acid groups (broad SMARTS) is 4. The van der Waals surface area contributed by atoms with Crippen LogP contribution in [0.1, 0.15) is 41.4 Å². The number of rotatable bonds is 4. The molecule has 1 aliphatic carbocycles. The molecule has 0 fully saturated rings. The second-order valence-electron chi connectivity index (χ2n) is 5.48. The number of hydrogen-bond acceptors (Lipinski definition) is 4. The fraction of sp³-hybridized carbons (Fsp3) is 0. The summed E-state index contributed by atoms with van der Waals surface area (Å²) in [5.41, 5.74) is -11.6. The summed E-state index contributed by atoms with van der Waals surface area (Å²) >= 11 is 0. The van der Waals surface area contributed by atoms with Gasteiger partial charge in [-0.05, 0) is 0 Å². The van der Waals surface area contributed by atoms with E-state index in [0.29, 0.717) is 0 Å². The predicted molar refractivity (Wildman–Crippen MR) is 78.5 cm³/mol. The minimum Gasteiger partial charge on any atom is -0.478 e. The van der Waals surface area contributed by atoms with Gasteiger partial charge in [-0.15, -0.1) is 0 Å². The molecule has 0 heterocycles. The van der Waals surface area contributed by atoms with Gasteiger partial charge in [0, 0.05) is 22.3 Å². The van der Waals surface area contributed by atoms with Crippen molar-refractivity contribution in [3.63, 3.8) is 0 Å². The van der Waals surface area contributed by atoms with Gasteiger partial charge in [0.05, 0.1) is 0 Å². The molecule has 4 N–H and O–H groups in total. The normalized spacial score (nSPS) is 11.3. The molecule has 1 aliphatic rings. The average molecular weight is 400 g/mol. The summed E-state index contributed by atoms with van der Waals surface area (Å²) in [4.78, 5) is 44.6. The third-order valence-electron chi connectivity index (χ3n) is 4.11. The molecular formula is C16H4F4O8. The van der Waals surface area contributed by atoms with E-state index in [0.717, 1.165) is 0 Å². The van der Waals surface area contributed by atoms with Gasteiger partial charge in [0.1, 0.15) is 45.5 Å². The Bertz CT molecular complexity index is 973. The number of aromatic carboxylic acids is 4. The van der Waals surface area contributed by atoms with E-state index in [1.807, 2.05) is 0 Å². The Kier molecular flexibility index (Phi) is 3.88. The molecule has 28 heavy (non-hydrogen) atoms. The van der Waals surface area contributed by atoms with Crippen LogP contribution in [-0.4, -0.2) is 44.3 Å². The Morgan fingerprint density at radius 3 is 0.679 bits per heavy atom. The lowest BCUT2D eigenvalue weighted by atomic mass is 9.74. The zero-order chi connectivity index (χ0) is 21.2. The van der Waals surface area contributed by atoms with Crippen molar-refractivity contribution in [3.05, 3.63) is 45.5 Å². The van der Waals surface area contributed by atoms with Crippen LogP contribution < -0.4 is 0 Å². The molecule has 144 valence electrons. The van der Waals surface area contributed by atoms with Crippen LogP contribution in [0, 0.1) is 23.3 Å². The molecule has 3 rings (SSSR count). The fourth-order valence-electron chi connectivity index (χ4n) is 3.06. The summed E-state index contributed by atoms with van der Waals surface area (Å²) in [5, 5.41) is 35.9. The summed E-state index contributed by atoms with van der Waals surface area (Å²) in [6.45, 7) is 0. The van der Waals surface area contributed by atoms with E-state index < -0.39 is 91.7 Å². The molecule has 0 aliphatic heterocycles. The van der Waals surface area contributed by atoms with Gasteiger partial charge < -0.3 is 20.4 Å². The predicted octanol–water partition coefficient (Wildman–Crippen LogP) is 2.68. The van der Waals surface area contributed by atoms with Crippen molar-refractivity contribution in [3.8, 4) is 22.3 Å². The highest BCUT2D eigenvalue weighted by molar-refractivity contribution is 6.15. The lowest BCUT2D eigenvalue weighted by Gasteiger charge is -2.29. The van der Waals surface area contributed by atoms with E-state index in [2.05, 4.69) is 0 Å². The first kappa shape index (κ1) is 18.8. The van der Waals surface area contributed by atoms with E-state index in [-0.39, 0.29) is 0 Å². The van der Waals surface area contributed by atoms with E-state index in [9.17, 15) is 36.7 Å². The SMILES string of the molecule is O=C(O)c1c(F)c2c(c(F)c1C(=O)O)-c1c(F)c(C(=O)O)c(C(=O)O)c(F)c1-2. The molecule has 0 saturated carbocycles. The molecule has 0 atom stereocenters. The van der Waals surface area contributed by atoms with Gasteiger partial charge in [0.2, 0.25) is 0 Å². The summed E-state index contributed by atoms with van der Waals surface area (Å²) in [7, 11) is 0. The maximum Gasteiger partial charge on any atom is 0.339 e. The van der Waals surface area contributed by atoms with Crippen molar-refractivity contribution < 1.29 is 57.2 Å². The molecule has 8 nitrogen and oxygen atoms in total. The van der Waals surface area contributed by atoms with Crippen LogP contribution in [0.5, 0.6) is 0 Å². The minimum atomic E-state index is -2.23. The van der Waals surface area contributed by atoms with Crippen molar-refractivity contribution in [1.82, 2.24) is 0 Å². The first-order chi connectivity index (χ1) is 12.9. The number of halogens is 4. The van der Waals surface area contributed by atoms with Gasteiger partial charge in [-0.1, -0.05) is 0 Å². The summed E-state index contributed by atoms with van der Waals surface area (Å²) in [6.07, 6.45) is 0. The zero-order valence-electron chi connectivity index (χ0n) is 12.9. The Balaban J connectivity index is 2.56. The number of benzene rings is 2. The highest BCUT2D eigenvalue weighted by Gasteiger charge is 2.45. The van der Waals surface area contributed by atoms with Crippen LogP contribution >= 0.6 is 0 Å². The fourth-order valence-corrected chi connectivity index (χ4v) is 3.06. The standard InChI is InChI=1S/C16H4F4O8/c17-9-1-2(10(18)6(14(23)24)5(9)13(21)22)4-3(1)11(19)7(15(25)26)8(12(4)20)16(27)28/h(H,21,22)(H,23,24)(H,25,26)(H,27,28). The molecule has 12 heteroatoms. The van der Waals surface area contributed by atoms with Crippen LogP contribution in [0.2, 0.25) is 0 Å². The molecule has 0 spiro atoms. The van der Waals surface area contributed by atoms with E-state index in [4.69, 9.17) is 20.4 Å². The van der Waals surface area contributed by atoms with Crippen molar-refractivity contribution in [2.45, 2.75) is 0 Å². The van der Waals surface area contributed by atoms with E-state index in [1.165, 1.54) is 0 Å². The van der Waals surface area contributed by atoms with Gasteiger partial charge in [0.25, 0.3) is 0 Å². The monoisotopic (exact) mass is 400 g/mol. The van der Waals surface area contributed by atoms with Crippen molar-refractivity contribution >= 4 is 23.9 Å². The zero-order valence-corrected chi connectivity index (χ0v) is 12.9. The summed E-state index contributed by atoms with van der Waals surface area (Å²) < 4.78 is 58.3. The largest absolute Gasteiger partial charge is 0.478 e. The van der Waals surface area contributed by atoms with Crippen LogP contribution in [0.15, 0.2) is 0 Å². The molecular weight excluding hydrogens is 396 g/mol. The molecule has 0 aromatic heterocycles. The second-order valence-corrected chi connectivity index (χ2v) is 5.48. The number of hydrogen-bond donors (Lipinski definition) is 4. The van der Waals surface area contributed by atoms with Crippen molar-refractivity contribution in [2.24, 2.45) is 0 Å². The maximum absolute atomic E-state index is 14.6. The van der Waals surface area contributed by atoms with Gasteiger partial charge >= 0.3 is 23.9 Å². The number of carbonyl (C=O) groups is 4. The Morgan fingerprint density at radius 2 is 0.571 bits per heavy atom. The molecule has 0 unspecified atom stereocenters. The van der Waals surface area contributed by atoms with Crippen LogP contribution in [0.4, 0.5) is 17.6 Å². The summed E-state index contributed by atoms with van der Waals surface area (Å²) in [5.74, 6) is -16.7. The molecule has 0 bridgehead atoms. The van der Waals surface area contributed by atoms with Gasteiger partial charge in [-0.2, -0.15) is 0 Å². The van der Waals surface area contributed by atoms with Gasteiger partial charge in [-0.25, -0.2) is 36.7 Å². The van der Waals surface area contributed by atoms with Crippen LogP contribution in [-0.2, 0) is 0 Å². The quantitative estimate of drug-likeness (QED) is 0.489. The maximum atomic E-state index is 14.6. The van der Waals surface area contributed by atoms with Crippen molar-refractivity contribution in [2.75, 3.05) is 0 Å². The molecule has 0 saturated heterocycles. The first-order valence-corrected chi connectivity index (χ1v) is 6.97. The Hall–Kier alpha value is -3.96. The second kappa shape index (κ2) is 5.77. The molecule has 0 amide bonds. The lowest BCUT2D eigenvalue weighted by Crippen LogP contribution is -2.23. The van der Waals surface area contributed by atoms with Crippen LogP contribution in [0.3, 0.4) is 0 Å². The minimum absolute atomic E-state index is 1.20. The average Bonchev–Trinajstić information content (AvgIpc) is 2.52. The third-order valence-corrected chi connectivity index (χ3v) is 4.11. The van der Waals surface area contributed by atoms with E-state index >= 15 is 0 Å². The number of fused-ring (bicyclic) bond motifs is 4. The highest BCUT2D eigenvalue weighted by atomic mass is 19.1. The third kappa shape index (κ3) is 2.11. The van der Waals surface area contributed by atoms with Crippen molar-refractivity contribution in [1.29, 1.82) is 0 Å². The molecule has 2 aromatic rings. The van der Waals surface area contributed by atoms with E-state index in [1.54, 1.807) is 0 Å². The van der Waals surface area contributed by atoms with Crippen LogP contribution in [0.25, 0.3) is 22.3 Å². The first-order valence-electron chi connectivity index (χ1n) is 6.97. The molecule has 0 radical (unpaired) electrons. The lowest BCUT2D eigenvalue weighted by molar-refractivity contribution is 0.0641. The Labute approximate surface area is 149 Å². The smallest absolute Gasteiger partial charge is 0.339 e. The summed E-state index contributed by atoms with van der Waals surface area (Å²) in [6, 6.07) is 0. The van der Waals surface area contributed by atoms with Gasteiger partial charge in [0.15, 0.2) is 0 Å². The molecule has 2 aromatic carbocycles. The topological polar surface area (TPSA) is 149 Å². The van der Waals surface area contributed by atoms with Gasteiger partial charge in [-0.3, -0.25) is 0 Å².